The van der Waals surface area contributed by atoms with E-state index in [0.717, 1.165) is 5.75 Å². The predicted octanol–water partition coefficient (Wildman–Crippen LogP) is 4.03. The fraction of sp³-hybridized carbons (Fsp3) is 0.278. The van der Waals surface area contributed by atoms with Crippen LogP contribution in [0.4, 0.5) is 0 Å². The summed E-state index contributed by atoms with van der Waals surface area (Å²) in [5, 5.41) is 3.55. The average Bonchev–Trinajstić information content (AvgIpc) is 2.54. The minimum absolute atomic E-state index is 0.0380. The molecule has 0 saturated heterocycles. The van der Waals surface area contributed by atoms with E-state index in [4.69, 9.17) is 16.3 Å². The van der Waals surface area contributed by atoms with Crippen molar-refractivity contribution in [3.63, 3.8) is 0 Å². The summed E-state index contributed by atoms with van der Waals surface area (Å²) in [7, 11) is 0. The SMILES string of the molecule is CC(CC(=O)NCCOc1ccc(Cl)cc1)c1ccccc1. The van der Waals surface area contributed by atoms with E-state index in [0.29, 0.717) is 24.6 Å². The van der Waals surface area contributed by atoms with Crippen LogP contribution < -0.4 is 10.1 Å². The molecule has 1 N–H and O–H groups in total. The monoisotopic (exact) mass is 317 g/mol. The molecule has 0 aliphatic rings. The van der Waals surface area contributed by atoms with Gasteiger partial charge in [0.25, 0.3) is 0 Å². The second kappa shape index (κ2) is 8.44. The lowest BCUT2D eigenvalue weighted by Gasteiger charge is -2.12. The summed E-state index contributed by atoms with van der Waals surface area (Å²) < 4.78 is 5.53. The van der Waals surface area contributed by atoms with Gasteiger partial charge in [-0.25, -0.2) is 0 Å². The van der Waals surface area contributed by atoms with Crippen LogP contribution in [0.5, 0.6) is 5.75 Å². The Kier molecular flexibility index (Phi) is 6.28. The molecule has 1 unspecified atom stereocenters. The molecule has 0 bridgehead atoms. The van der Waals surface area contributed by atoms with Gasteiger partial charge < -0.3 is 10.1 Å². The Balaban J connectivity index is 1.66. The van der Waals surface area contributed by atoms with Gasteiger partial charge in [0.15, 0.2) is 0 Å². The Morgan fingerprint density at radius 3 is 2.50 bits per heavy atom. The number of hydrogen-bond acceptors (Lipinski definition) is 2. The molecular formula is C18H20ClNO2. The Morgan fingerprint density at radius 1 is 1.14 bits per heavy atom. The maximum atomic E-state index is 11.9. The first-order valence-electron chi connectivity index (χ1n) is 7.35. The quantitative estimate of drug-likeness (QED) is 0.783. The van der Waals surface area contributed by atoms with Crippen molar-refractivity contribution in [1.29, 1.82) is 0 Å². The molecule has 0 saturated carbocycles. The number of amides is 1. The average molecular weight is 318 g/mol. The molecule has 22 heavy (non-hydrogen) atoms. The van der Waals surface area contributed by atoms with E-state index in [1.165, 1.54) is 5.56 Å². The zero-order valence-electron chi connectivity index (χ0n) is 12.6. The number of nitrogens with one attached hydrogen (secondary N) is 1. The van der Waals surface area contributed by atoms with Gasteiger partial charge in [0.05, 0.1) is 6.54 Å². The van der Waals surface area contributed by atoms with Gasteiger partial charge in [0, 0.05) is 11.4 Å². The Bertz CT molecular complexity index is 584. The highest BCUT2D eigenvalue weighted by Gasteiger charge is 2.10. The summed E-state index contributed by atoms with van der Waals surface area (Å²) >= 11 is 5.80. The standard InChI is InChI=1S/C18H20ClNO2/c1-14(15-5-3-2-4-6-15)13-18(21)20-11-12-22-17-9-7-16(19)8-10-17/h2-10,14H,11-13H2,1H3,(H,20,21). The minimum atomic E-state index is 0.0380. The Labute approximate surface area is 136 Å². The van der Waals surface area contributed by atoms with Crippen molar-refractivity contribution in [2.75, 3.05) is 13.2 Å². The van der Waals surface area contributed by atoms with Crippen LogP contribution >= 0.6 is 11.6 Å². The van der Waals surface area contributed by atoms with E-state index in [1.54, 1.807) is 12.1 Å². The Morgan fingerprint density at radius 2 is 1.82 bits per heavy atom. The molecule has 0 aliphatic carbocycles. The number of halogens is 1. The third-order valence-corrected chi connectivity index (χ3v) is 3.62. The topological polar surface area (TPSA) is 38.3 Å². The van der Waals surface area contributed by atoms with Crippen molar-refractivity contribution in [2.45, 2.75) is 19.3 Å². The van der Waals surface area contributed by atoms with E-state index in [1.807, 2.05) is 42.5 Å². The summed E-state index contributed by atoms with van der Waals surface area (Å²) in [6.45, 7) is 2.98. The van der Waals surface area contributed by atoms with Gasteiger partial charge in [-0.15, -0.1) is 0 Å². The highest BCUT2D eigenvalue weighted by atomic mass is 35.5. The highest BCUT2D eigenvalue weighted by Crippen LogP contribution is 2.18. The van der Waals surface area contributed by atoms with Gasteiger partial charge in [0.1, 0.15) is 12.4 Å². The molecule has 0 fully saturated rings. The smallest absolute Gasteiger partial charge is 0.220 e. The second-order valence-corrected chi connectivity index (χ2v) is 5.60. The Hall–Kier alpha value is -2.00. The first-order valence-corrected chi connectivity index (χ1v) is 7.73. The molecule has 116 valence electrons. The molecule has 1 atom stereocenters. The lowest BCUT2D eigenvalue weighted by Crippen LogP contribution is -2.28. The molecule has 0 heterocycles. The van der Waals surface area contributed by atoms with E-state index >= 15 is 0 Å². The summed E-state index contributed by atoms with van der Waals surface area (Å²) in [4.78, 5) is 11.9. The predicted molar refractivity (Wildman–Crippen MR) is 89.4 cm³/mol. The van der Waals surface area contributed by atoms with Crippen LogP contribution in [-0.2, 0) is 4.79 Å². The summed E-state index contributed by atoms with van der Waals surface area (Å²) in [6.07, 6.45) is 0.477. The van der Waals surface area contributed by atoms with Crippen LogP contribution in [0.3, 0.4) is 0 Å². The van der Waals surface area contributed by atoms with Gasteiger partial charge in [-0.05, 0) is 35.7 Å². The molecule has 4 heteroatoms. The van der Waals surface area contributed by atoms with Gasteiger partial charge in [-0.1, -0.05) is 48.9 Å². The maximum absolute atomic E-state index is 11.9. The van der Waals surface area contributed by atoms with Crippen LogP contribution in [0.25, 0.3) is 0 Å². The van der Waals surface area contributed by atoms with Crippen molar-refractivity contribution in [2.24, 2.45) is 0 Å². The van der Waals surface area contributed by atoms with Crippen LogP contribution in [0.15, 0.2) is 54.6 Å². The van der Waals surface area contributed by atoms with Crippen molar-refractivity contribution < 1.29 is 9.53 Å². The molecule has 2 aromatic rings. The van der Waals surface area contributed by atoms with Crippen molar-refractivity contribution in [1.82, 2.24) is 5.32 Å². The van der Waals surface area contributed by atoms with Gasteiger partial charge in [-0.2, -0.15) is 0 Å². The number of ether oxygens (including phenoxy) is 1. The number of rotatable bonds is 7. The van der Waals surface area contributed by atoms with E-state index in [2.05, 4.69) is 12.2 Å². The third kappa shape index (κ3) is 5.41. The number of carbonyl (C=O) groups is 1. The summed E-state index contributed by atoms with van der Waals surface area (Å²) in [6, 6.07) is 17.2. The fourth-order valence-corrected chi connectivity index (χ4v) is 2.27. The lowest BCUT2D eigenvalue weighted by molar-refractivity contribution is -0.121. The molecular weight excluding hydrogens is 298 g/mol. The van der Waals surface area contributed by atoms with E-state index in [-0.39, 0.29) is 11.8 Å². The lowest BCUT2D eigenvalue weighted by atomic mass is 9.98. The second-order valence-electron chi connectivity index (χ2n) is 5.17. The van der Waals surface area contributed by atoms with Gasteiger partial charge in [-0.3, -0.25) is 4.79 Å². The van der Waals surface area contributed by atoms with Crippen LogP contribution in [0, 0.1) is 0 Å². The first kappa shape index (κ1) is 16.4. The van der Waals surface area contributed by atoms with Crippen molar-refractivity contribution >= 4 is 17.5 Å². The van der Waals surface area contributed by atoms with Gasteiger partial charge >= 0.3 is 0 Å². The number of hydrogen-bond donors (Lipinski definition) is 1. The molecule has 0 radical (unpaired) electrons. The van der Waals surface area contributed by atoms with Gasteiger partial charge in [0.2, 0.25) is 5.91 Å². The molecule has 1 amide bonds. The largest absolute Gasteiger partial charge is 0.492 e. The molecule has 0 spiro atoms. The van der Waals surface area contributed by atoms with Crippen molar-refractivity contribution in [3.8, 4) is 5.75 Å². The first-order chi connectivity index (χ1) is 10.6. The van der Waals surface area contributed by atoms with E-state index in [9.17, 15) is 4.79 Å². The zero-order chi connectivity index (χ0) is 15.8. The maximum Gasteiger partial charge on any atom is 0.220 e. The number of benzene rings is 2. The number of carbonyl (C=O) groups excluding carboxylic acids is 1. The summed E-state index contributed by atoms with van der Waals surface area (Å²) in [5.74, 6) is 0.991. The highest BCUT2D eigenvalue weighted by molar-refractivity contribution is 6.30. The zero-order valence-corrected chi connectivity index (χ0v) is 13.3. The van der Waals surface area contributed by atoms with Crippen molar-refractivity contribution in [3.05, 3.63) is 65.2 Å². The fourth-order valence-electron chi connectivity index (χ4n) is 2.14. The molecule has 3 nitrogen and oxygen atoms in total. The van der Waals surface area contributed by atoms with Crippen LogP contribution in [-0.4, -0.2) is 19.1 Å². The molecule has 2 rings (SSSR count). The normalized spacial score (nSPS) is 11.7. The van der Waals surface area contributed by atoms with E-state index < -0.39 is 0 Å². The molecule has 0 aromatic heterocycles. The van der Waals surface area contributed by atoms with Crippen LogP contribution in [0.2, 0.25) is 5.02 Å². The third-order valence-electron chi connectivity index (χ3n) is 3.37. The molecule has 2 aromatic carbocycles. The molecule has 0 aliphatic heterocycles. The van der Waals surface area contributed by atoms with Crippen LogP contribution in [0.1, 0.15) is 24.8 Å². The summed E-state index contributed by atoms with van der Waals surface area (Å²) in [5.41, 5.74) is 1.18. The minimum Gasteiger partial charge on any atom is -0.492 e.